The van der Waals surface area contributed by atoms with Crippen LogP contribution in [0.5, 0.6) is 0 Å². The molecule has 1 heterocycles. The van der Waals surface area contributed by atoms with E-state index >= 15 is 0 Å². The number of rotatable bonds is 5. The summed E-state index contributed by atoms with van der Waals surface area (Å²) < 4.78 is 51.6. The van der Waals surface area contributed by atoms with Crippen LogP contribution in [0.25, 0.3) is 0 Å². The van der Waals surface area contributed by atoms with Gasteiger partial charge in [-0.3, -0.25) is 0 Å². The minimum Gasteiger partial charge on any atom is -0.396 e. The second-order valence-electron chi connectivity index (χ2n) is 3.72. The highest BCUT2D eigenvalue weighted by atomic mass is 35.5. The molecule has 1 aliphatic heterocycles. The van der Waals surface area contributed by atoms with E-state index in [1.165, 1.54) is 6.92 Å². The van der Waals surface area contributed by atoms with Crippen LogP contribution in [0, 0.1) is 0 Å². The highest BCUT2D eigenvalue weighted by molar-refractivity contribution is 7.89. The summed E-state index contributed by atoms with van der Waals surface area (Å²) in [6, 6.07) is -2.61. The van der Waals surface area contributed by atoms with Crippen LogP contribution < -0.4 is 10.0 Å². The normalized spacial score (nSPS) is 27.8. The van der Waals surface area contributed by atoms with E-state index in [0.717, 1.165) is 0 Å². The molecule has 3 N–H and O–H groups in total. The van der Waals surface area contributed by atoms with E-state index in [2.05, 4.69) is 5.32 Å². The standard InChI is InChI=1S/C8H16F2N2O3S.ClH/c1-2-16(14,15)12-7-5-11-6(3-4-13)8(7,9)10;/h6-7,11-13H,2-5H2,1H3;1H/t6-,7-;/m1./s1. The monoisotopic (exact) mass is 294 g/mol. The van der Waals surface area contributed by atoms with Crippen molar-refractivity contribution in [2.45, 2.75) is 31.4 Å². The molecule has 0 spiro atoms. The molecule has 0 aromatic carbocycles. The van der Waals surface area contributed by atoms with Gasteiger partial charge in [0.1, 0.15) is 0 Å². The lowest BCUT2D eigenvalue weighted by molar-refractivity contribution is -0.0341. The van der Waals surface area contributed by atoms with Gasteiger partial charge in [0.15, 0.2) is 0 Å². The number of sulfonamides is 1. The number of aliphatic hydroxyl groups is 1. The molecule has 0 radical (unpaired) electrons. The lowest BCUT2D eigenvalue weighted by atomic mass is 10.1. The zero-order valence-corrected chi connectivity index (χ0v) is 11.0. The highest BCUT2D eigenvalue weighted by Crippen LogP contribution is 2.30. The smallest absolute Gasteiger partial charge is 0.280 e. The van der Waals surface area contributed by atoms with Crippen molar-refractivity contribution in [2.24, 2.45) is 0 Å². The van der Waals surface area contributed by atoms with Gasteiger partial charge in [-0.25, -0.2) is 21.9 Å². The van der Waals surface area contributed by atoms with E-state index in [9.17, 15) is 17.2 Å². The first kappa shape index (κ1) is 17.0. The van der Waals surface area contributed by atoms with E-state index < -0.39 is 28.0 Å². The molecule has 1 aliphatic rings. The van der Waals surface area contributed by atoms with Gasteiger partial charge < -0.3 is 10.4 Å². The molecule has 0 aliphatic carbocycles. The maximum atomic E-state index is 13.6. The number of alkyl halides is 2. The zero-order valence-electron chi connectivity index (χ0n) is 9.32. The Kier molecular flexibility index (Phi) is 6.23. The topological polar surface area (TPSA) is 78.4 Å². The van der Waals surface area contributed by atoms with Gasteiger partial charge in [0.2, 0.25) is 10.0 Å². The number of aliphatic hydroxyl groups excluding tert-OH is 1. The Morgan fingerprint density at radius 2 is 2.12 bits per heavy atom. The summed E-state index contributed by atoms with van der Waals surface area (Å²) in [5, 5.41) is 11.1. The van der Waals surface area contributed by atoms with Crippen molar-refractivity contribution in [3.05, 3.63) is 0 Å². The Balaban J connectivity index is 0.00000256. The fraction of sp³-hybridized carbons (Fsp3) is 1.00. The molecular weight excluding hydrogens is 278 g/mol. The molecule has 5 nitrogen and oxygen atoms in total. The lowest BCUT2D eigenvalue weighted by Gasteiger charge is -2.23. The van der Waals surface area contributed by atoms with Crippen LogP contribution >= 0.6 is 12.4 Å². The number of hydrogen-bond acceptors (Lipinski definition) is 4. The summed E-state index contributed by atoms with van der Waals surface area (Å²) in [6.45, 7) is 0.894. The minimum atomic E-state index is -3.64. The molecular formula is C8H17ClF2N2O3S. The van der Waals surface area contributed by atoms with Crippen LogP contribution in [-0.2, 0) is 10.0 Å². The molecule has 1 saturated heterocycles. The van der Waals surface area contributed by atoms with Gasteiger partial charge in [-0.2, -0.15) is 0 Å². The first-order chi connectivity index (χ1) is 7.33. The summed E-state index contributed by atoms with van der Waals surface area (Å²) in [6.07, 6.45) is -0.0998. The highest BCUT2D eigenvalue weighted by Gasteiger charge is 2.52. The van der Waals surface area contributed by atoms with Crippen LogP contribution in [-0.4, -0.2) is 50.4 Å². The SMILES string of the molecule is CCS(=O)(=O)N[C@@H]1CN[C@H](CCO)C1(F)F.Cl. The lowest BCUT2D eigenvalue weighted by Crippen LogP contribution is -2.49. The average molecular weight is 295 g/mol. The molecule has 1 fully saturated rings. The third-order valence-corrected chi connectivity index (χ3v) is 4.02. The van der Waals surface area contributed by atoms with Gasteiger partial charge in [-0.05, 0) is 13.3 Å². The Bertz CT molecular complexity index is 340. The fourth-order valence-electron chi connectivity index (χ4n) is 1.62. The van der Waals surface area contributed by atoms with Crippen molar-refractivity contribution in [2.75, 3.05) is 18.9 Å². The van der Waals surface area contributed by atoms with Crippen LogP contribution in [0.4, 0.5) is 8.78 Å². The van der Waals surface area contributed by atoms with Crippen molar-refractivity contribution in [1.82, 2.24) is 10.0 Å². The molecule has 0 aromatic rings. The van der Waals surface area contributed by atoms with E-state index in [1.54, 1.807) is 0 Å². The Morgan fingerprint density at radius 3 is 2.59 bits per heavy atom. The summed E-state index contributed by atoms with van der Waals surface area (Å²) >= 11 is 0. The number of nitrogens with one attached hydrogen (secondary N) is 2. The van der Waals surface area contributed by atoms with Crippen LogP contribution in [0.2, 0.25) is 0 Å². The molecule has 0 bridgehead atoms. The van der Waals surface area contributed by atoms with Crippen LogP contribution in [0.3, 0.4) is 0 Å². The van der Waals surface area contributed by atoms with Gasteiger partial charge in [0.05, 0.1) is 17.8 Å². The molecule has 0 amide bonds. The third-order valence-electron chi connectivity index (χ3n) is 2.62. The molecule has 2 atom stereocenters. The number of hydrogen-bond donors (Lipinski definition) is 3. The van der Waals surface area contributed by atoms with Crippen molar-refractivity contribution < 1.29 is 22.3 Å². The minimum absolute atomic E-state index is 0. The van der Waals surface area contributed by atoms with E-state index in [4.69, 9.17) is 5.11 Å². The Labute approximate surface area is 105 Å². The van der Waals surface area contributed by atoms with E-state index in [-0.39, 0.29) is 37.7 Å². The van der Waals surface area contributed by atoms with Gasteiger partial charge in [0, 0.05) is 13.2 Å². The van der Waals surface area contributed by atoms with Crippen LogP contribution in [0.15, 0.2) is 0 Å². The fourth-order valence-corrected chi connectivity index (χ4v) is 2.46. The summed E-state index contributed by atoms with van der Waals surface area (Å²) in [5.74, 6) is -3.41. The van der Waals surface area contributed by atoms with Gasteiger partial charge in [-0.15, -0.1) is 12.4 Å². The second-order valence-corrected chi connectivity index (χ2v) is 5.76. The molecule has 0 unspecified atom stereocenters. The zero-order chi connectivity index (χ0) is 12.4. The Morgan fingerprint density at radius 1 is 1.53 bits per heavy atom. The Hall–Kier alpha value is -0.0200. The first-order valence-electron chi connectivity index (χ1n) is 5.05. The summed E-state index contributed by atoms with van der Waals surface area (Å²) in [4.78, 5) is 0. The van der Waals surface area contributed by atoms with Crippen molar-refractivity contribution in [3.63, 3.8) is 0 Å². The first-order valence-corrected chi connectivity index (χ1v) is 6.70. The van der Waals surface area contributed by atoms with Crippen molar-refractivity contribution in [3.8, 4) is 0 Å². The van der Waals surface area contributed by atoms with Gasteiger partial charge >= 0.3 is 0 Å². The largest absolute Gasteiger partial charge is 0.396 e. The maximum Gasteiger partial charge on any atom is 0.280 e. The molecule has 0 saturated carbocycles. The van der Waals surface area contributed by atoms with Crippen molar-refractivity contribution in [1.29, 1.82) is 0 Å². The molecule has 104 valence electrons. The molecule has 1 rings (SSSR count). The maximum absolute atomic E-state index is 13.6. The molecule has 9 heteroatoms. The predicted molar refractivity (Wildman–Crippen MR) is 62.1 cm³/mol. The third kappa shape index (κ3) is 3.99. The quantitative estimate of drug-likeness (QED) is 0.651. The van der Waals surface area contributed by atoms with Crippen LogP contribution in [0.1, 0.15) is 13.3 Å². The van der Waals surface area contributed by atoms with Gasteiger partial charge in [-0.1, -0.05) is 0 Å². The molecule has 17 heavy (non-hydrogen) atoms. The van der Waals surface area contributed by atoms with Gasteiger partial charge in [0.25, 0.3) is 5.92 Å². The van der Waals surface area contributed by atoms with E-state index in [1.807, 2.05) is 4.72 Å². The average Bonchev–Trinajstić information content (AvgIpc) is 2.45. The molecule has 0 aromatic heterocycles. The predicted octanol–water partition coefficient (Wildman–Crippen LogP) is -0.294. The van der Waals surface area contributed by atoms with E-state index in [0.29, 0.717) is 0 Å². The van der Waals surface area contributed by atoms with Crippen molar-refractivity contribution >= 4 is 22.4 Å². The summed E-state index contributed by atoms with van der Waals surface area (Å²) in [5.41, 5.74) is 0. The number of halogens is 3. The summed E-state index contributed by atoms with van der Waals surface area (Å²) in [7, 11) is -3.64. The second kappa shape index (κ2) is 6.24.